The summed E-state index contributed by atoms with van der Waals surface area (Å²) in [5.74, 6) is 1.47. The average molecular weight is 382 g/mol. The summed E-state index contributed by atoms with van der Waals surface area (Å²) >= 11 is 0. The van der Waals surface area contributed by atoms with Gasteiger partial charge in [-0.05, 0) is 43.2 Å². The van der Waals surface area contributed by atoms with Crippen LogP contribution in [0.2, 0.25) is 0 Å². The SMILES string of the molecule is CCNC(=NCCc1noc(-c2ccccn2)n1)NCCc1cccc(F)c1. The van der Waals surface area contributed by atoms with Crippen LogP contribution in [-0.4, -0.2) is 40.7 Å². The zero-order valence-corrected chi connectivity index (χ0v) is 15.7. The van der Waals surface area contributed by atoms with Crippen LogP contribution in [0, 0.1) is 5.82 Å². The number of halogens is 1. The monoisotopic (exact) mass is 382 g/mol. The summed E-state index contributed by atoms with van der Waals surface area (Å²) in [5, 5.41) is 10.4. The molecular formula is C20H23FN6O. The van der Waals surface area contributed by atoms with Crippen molar-refractivity contribution in [2.24, 2.45) is 4.99 Å². The Morgan fingerprint density at radius 1 is 1.14 bits per heavy atom. The van der Waals surface area contributed by atoms with Crippen molar-refractivity contribution in [1.29, 1.82) is 0 Å². The molecule has 0 amide bonds. The van der Waals surface area contributed by atoms with Crippen molar-refractivity contribution in [1.82, 2.24) is 25.8 Å². The minimum Gasteiger partial charge on any atom is -0.357 e. The molecule has 0 bridgehead atoms. The fourth-order valence-electron chi connectivity index (χ4n) is 2.58. The third kappa shape index (κ3) is 5.87. The molecule has 3 aromatic rings. The first-order chi connectivity index (χ1) is 13.7. The minimum absolute atomic E-state index is 0.219. The van der Waals surface area contributed by atoms with Crippen LogP contribution in [0.3, 0.4) is 0 Å². The molecule has 0 aliphatic carbocycles. The van der Waals surface area contributed by atoms with Crippen LogP contribution < -0.4 is 10.6 Å². The van der Waals surface area contributed by atoms with E-state index in [2.05, 4.69) is 30.8 Å². The molecule has 28 heavy (non-hydrogen) atoms. The number of nitrogens with one attached hydrogen (secondary N) is 2. The fourth-order valence-corrected chi connectivity index (χ4v) is 2.58. The Bertz CT molecular complexity index is 896. The Hall–Kier alpha value is -3.29. The predicted octanol–water partition coefficient (Wildman–Crippen LogP) is 2.61. The van der Waals surface area contributed by atoms with Crippen LogP contribution in [0.15, 0.2) is 58.2 Å². The van der Waals surface area contributed by atoms with Crippen molar-refractivity contribution in [3.8, 4) is 11.6 Å². The molecule has 2 heterocycles. The van der Waals surface area contributed by atoms with Crippen molar-refractivity contribution in [2.75, 3.05) is 19.6 Å². The van der Waals surface area contributed by atoms with Crippen LogP contribution >= 0.6 is 0 Å². The van der Waals surface area contributed by atoms with Gasteiger partial charge >= 0.3 is 0 Å². The summed E-state index contributed by atoms with van der Waals surface area (Å²) in [6.45, 7) is 3.91. The zero-order chi connectivity index (χ0) is 19.6. The van der Waals surface area contributed by atoms with Crippen molar-refractivity contribution in [2.45, 2.75) is 19.8 Å². The molecule has 2 N–H and O–H groups in total. The highest BCUT2D eigenvalue weighted by Crippen LogP contribution is 2.13. The van der Waals surface area contributed by atoms with Gasteiger partial charge in [-0.15, -0.1) is 0 Å². The topological polar surface area (TPSA) is 88.2 Å². The van der Waals surface area contributed by atoms with E-state index in [9.17, 15) is 4.39 Å². The lowest BCUT2D eigenvalue weighted by atomic mass is 10.1. The molecule has 2 aromatic heterocycles. The number of aliphatic imine (C=N–C) groups is 1. The molecule has 0 aliphatic heterocycles. The van der Waals surface area contributed by atoms with Crippen LogP contribution in [-0.2, 0) is 12.8 Å². The molecule has 0 atom stereocenters. The van der Waals surface area contributed by atoms with Gasteiger partial charge in [-0.3, -0.25) is 9.98 Å². The molecule has 7 nitrogen and oxygen atoms in total. The second-order valence-electron chi connectivity index (χ2n) is 6.05. The van der Waals surface area contributed by atoms with Gasteiger partial charge in [-0.1, -0.05) is 23.4 Å². The van der Waals surface area contributed by atoms with Gasteiger partial charge in [0, 0.05) is 32.3 Å². The minimum atomic E-state index is -0.219. The van der Waals surface area contributed by atoms with Crippen molar-refractivity contribution in [3.05, 3.63) is 65.9 Å². The van der Waals surface area contributed by atoms with Gasteiger partial charge in [0.2, 0.25) is 0 Å². The lowest BCUT2D eigenvalue weighted by molar-refractivity contribution is 0.421. The molecule has 0 spiro atoms. The van der Waals surface area contributed by atoms with Gasteiger partial charge in [-0.25, -0.2) is 4.39 Å². The lowest BCUT2D eigenvalue weighted by Gasteiger charge is -2.11. The van der Waals surface area contributed by atoms with Crippen LogP contribution in [0.25, 0.3) is 11.6 Å². The molecule has 0 radical (unpaired) electrons. The Balaban J connectivity index is 1.49. The molecule has 3 rings (SSSR count). The number of pyridine rings is 1. The lowest BCUT2D eigenvalue weighted by Crippen LogP contribution is -2.38. The Labute approximate surface area is 163 Å². The van der Waals surface area contributed by atoms with Gasteiger partial charge in [0.15, 0.2) is 11.8 Å². The largest absolute Gasteiger partial charge is 0.357 e. The Morgan fingerprint density at radius 2 is 2.07 bits per heavy atom. The maximum atomic E-state index is 13.2. The van der Waals surface area contributed by atoms with Crippen LogP contribution in [0.4, 0.5) is 4.39 Å². The van der Waals surface area contributed by atoms with Gasteiger partial charge < -0.3 is 15.2 Å². The summed E-state index contributed by atoms with van der Waals surface area (Å²) in [6, 6.07) is 12.1. The third-order valence-corrected chi connectivity index (χ3v) is 3.90. The number of hydrogen-bond donors (Lipinski definition) is 2. The van der Waals surface area contributed by atoms with Crippen molar-refractivity contribution >= 4 is 5.96 Å². The van der Waals surface area contributed by atoms with E-state index < -0.39 is 0 Å². The normalized spacial score (nSPS) is 11.4. The second-order valence-corrected chi connectivity index (χ2v) is 6.05. The summed E-state index contributed by atoms with van der Waals surface area (Å²) in [7, 11) is 0. The number of hydrogen-bond acceptors (Lipinski definition) is 5. The third-order valence-electron chi connectivity index (χ3n) is 3.90. The van der Waals surface area contributed by atoms with Gasteiger partial charge in [-0.2, -0.15) is 4.98 Å². The van der Waals surface area contributed by atoms with Gasteiger partial charge in [0.25, 0.3) is 5.89 Å². The first kappa shape index (κ1) is 19.5. The molecule has 0 unspecified atom stereocenters. The number of rotatable bonds is 8. The predicted molar refractivity (Wildman–Crippen MR) is 105 cm³/mol. The standard InChI is InChI=1S/C20H23FN6O/c1-2-22-20(24-12-9-15-6-5-7-16(21)14-15)25-13-10-18-26-19(28-27-18)17-8-3-4-11-23-17/h3-8,11,14H,2,9-10,12-13H2,1H3,(H2,22,24,25). The van der Waals surface area contributed by atoms with Crippen molar-refractivity contribution < 1.29 is 8.91 Å². The number of nitrogens with zero attached hydrogens (tertiary/aromatic N) is 4. The molecule has 0 fully saturated rings. The Morgan fingerprint density at radius 3 is 2.86 bits per heavy atom. The smallest absolute Gasteiger partial charge is 0.276 e. The highest BCUT2D eigenvalue weighted by Gasteiger charge is 2.09. The van der Waals surface area contributed by atoms with Crippen molar-refractivity contribution in [3.63, 3.8) is 0 Å². The van der Waals surface area contributed by atoms with E-state index in [1.54, 1.807) is 18.3 Å². The molecule has 0 saturated heterocycles. The summed E-state index contributed by atoms with van der Waals surface area (Å²) < 4.78 is 18.5. The number of guanidine groups is 1. The summed E-state index contributed by atoms with van der Waals surface area (Å²) in [4.78, 5) is 13.1. The van der Waals surface area contributed by atoms with Crippen LogP contribution in [0.1, 0.15) is 18.3 Å². The highest BCUT2D eigenvalue weighted by atomic mass is 19.1. The number of benzene rings is 1. The molecule has 0 aliphatic rings. The van der Waals surface area contributed by atoms with E-state index in [4.69, 9.17) is 4.52 Å². The van der Waals surface area contributed by atoms with E-state index in [1.165, 1.54) is 6.07 Å². The second kappa shape index (κ2) is 10.1. The molecule has 146 valence electrons. The molecule has 8 heteroatoms. The van der Waals surface area contributed by atoms with Gasteiger partial charge in [0.05, 0.1) is 0 Å². The molecule has 0 saturated carbocycles. The zero-order valence-electron chi connectivity index (χ0n) is 15.7. The van der Waals surface area contributed by atoms with E-state index in [0.29, 0.717) is 49.3 Å². The molecular weight excluding hydrogens is 359 g/mol. The quantitative estimate of drug-likeness (QED) is 0.460. The van der Waals surface area contributed by atoms with Gasteiger partial charge in [0.1, 0.15) is 11.5 Å². The Kier molecular flexibility index (Phi) is 7.06. The first-order valence-electron chi connectivity index (χ1n) is 9.25. The first-order valence-corrected chi connectivity index (χ1v) is 9.25. The highest BCUT2D eigenvalue weighted by molar-refractivity contribution is 5.79. The van der Waals surface area contributed by atoms with E-state index in [-0.39, 0.29) is 5.82 Å². The summed E-state index contributed by atoms with van der Waals surface area (Å²) in [6.07, 6.45) is 2.94. The van der Waals surface area contributed by atoms with Crippen LogP contribution in [0.5, 0.6) is 0 Å². The van der Waals surface area contributed by atoms with E-state index >= 15 is 0 Å². The van der Waals surface area contributed by atoms with E-state index in [1.807, 2.05) is 31.2 Å². The average Bonchev–Trinajstić information content (AvgIpc) is 3.18. The molecule has 1 aromatic carbocycles. The fraction of sp³-hybridized carbons (Fsp3) is 0.300. The maximum absolute atomic E-state index is 13.2. The maximum Gasteiger partial charge on any atom is 0.276 e. The van der Waals surface area contributed by atoms with E-state index in [0.717, 1.165) is 12.1 Å². The summed E-state index contributed by atoms with van der Waals surface area (Å²) in [5.41, 5.74) is 1.59. The number of aromatic nitrogens is 3.